The van der Waals surface area contributed by atoms with Gasteiger partial charge in [0.25, 0.3) is 0 Å². The largest absolute Gasteiger partial charge is 0.426 e. The van der Waals surface area contributed by atoms with Gasteiger partial charge in [-0.25, -0.2) is 4.39 Å². The second-order valence-corrected chi connectivity index (χ2v) is 3.45. The Morgan fingerprint density at radius 3 is 2.93 bits per heavy atom. The SMILES string of the molecule is CC(=O)OC1=CCC(F)c2ccccc21. The molecule has 0 radical (unpaired) electrons. The van der Waals surface area contributed by atoms with Crippen molar-refractivity contribution in [2.24, 2.45) is 0 Å². The van der Waals surface area contributed by atoms with E-state index in [1.165, 1.54) is 6.92 Å². The van der Waals surface area contributed by atoms with Crippen LogP contribution in [0.25, 0.3) is 5.76 Å². The maximum absolute atomic E-state index is 13.5. The third-order valence-electron chi connectivity index (χ3n) is 2.33. The summed E-state index contributed by atoms with van der Waals surface area (Å²) >= 11 is 0. The first-order valence-electron chi connectivity index (χ1n) is 4.80. The lowest BCUT2D eigenvalue weighted by atomic mass is 9.94. The molecule has 3 heteroatoms. The molecule has 1 unspecified atom stereocenters. The van der Waals surface area contributed by atoms with E-state index in [-0.39, 0.29) is 12.4 Å². The molecule has 2 rings (SSSR count). The van der Waals surface area contributed by atoms with Crippen LogP contribution < -0.4 is 0 Å². The highest BCUT2D eigenvalue weighted by Gasteiger charge is 2.22. The van der Waals surface area contributed by atoms with Gasteiger partial charge >= 0.3 is 5.97 Å². The van der Waals surface area contributed by atoms with E-state index in [0.29, 0.717) is 16.9 Å². The first-order chi connectivity index (χ1) is 7.18. The lowest BCUT2D eigenvalue weighted by Crippen LogP contribution is -2.07. The quantitative estimate of drug-likeness (QED) is 0.660. The maximum atomic E-state index is 13.5. The van der Waals surface area contributed by atoms with Gasteiger partial charge in [0.05, 0.1) is 0 Å². The van der Waals surface area contributed by atoms with Crippen LogP contribution in [0, 0.1) is 0 Å². The minimum atomic E-state index is -1.000. The summed E-state index contributed by atoms with van der Waals surface area (Å²) in [5, 5.41) is 0. The maximum Gasteiger partial charge on any atom is 0.308 e. The number of allylic oxidation sites excluding steroid dienone is 1. The molecule has 0 aliphatic heterocycles. The Kier molecular flexibility index (Phi) is 2.54. The number of carbonyl (C=O) groups excluding carboxylic acids is 1. The molecule has 0 aromatic heterocycles. The predicted molar refractivity (Wildman–Crippen MR) is 54.7 cm³/mol. The molecular formula is C12H11FO2. The average Bonchev–Trinajstić information content (AvgIpc) is 2.22. The number of benzene rings is 1. The van der Waals surface area contributed by atoms with Gasteiger partial charge in [0, 0.05) is 18.9 Å². The zero-order valence-corrected chi connectivity index (χ0v) is 8.37. The van der Waals surface area contributed by atoms with Gasteiger partial charge in [-0.15, -0.1) is 0 Å². The van der Waals surface area contributed by atoms with E-state index in [4.69, 9.17) is 4.74 Å². The van der Waals surface area contributed by atoms with Crippen molar-refractivity contribution in [3.05, 3.63) is 41.5 Å². The van der Waals surface area contributed by atoms with E-state index in [1.807, 2.05) is 0 Å². The molecule has 15 heavy (non-hydrogen) atoms. The van der Waals surface area contributed by atoms with Crippen LogP contribution in [0.4, 0.5) is 4.39 Å². The molecule has 0 spiro atoms. The number of carbonyl (C=O) groups is 1. The number of ether oxygens (including phenoxy) is 1. The van der Waals surface area contributed by atoms with Gasteiger partial charge in [0.15, 0.2) is 0 Å². The van der Waals surface area contributed by atoms with Gasteiger partial charge in [0.1, 0.15) is 11.9 Å². The van der Waals surface area contributed by atoms with Crippen LogP contribution in [-0.4, -0.2) is 5.97 Å². The molecule has 0 saturated carbocycles. The van der Waals surface area contributed by atoms with E-state index in [1.54, 1.807) is 30.3 Å². The second kappa shape index (κ2) is 3.85. The Bertz CT molecular complexity index is 423. The van der Waals surface area contributed by atoms with E-state index >= 15 is 0 Å². The lowest BCUT2D eigenvalue weighted by Gasteiger charge is -2.19. The topological polar surface area (TPSA) is 26.3 Å². The Labute approximate surface area is 87.4 Å². The van der Waals surface area contributed by atoms with Gasteiger partial charge < -0.3 is 4.74 Å². The monoisotopic (exact) mass is 206 g/mol. The molecule has 1 aliphatic rings. The normalized spacial score (nSPS) is 19.1. The van der Waals surface area contributed by atoms with Crippen molar-refractivity contribution >= 4 is 11.7 Å². The molecule has 0 amide bonds. The van der Waals surface area contributed by atoms with Crippen molar-refractivity contribution < 1.29 is 13.9 Å². The fourth-order valence-electron chi connectivity index (χ4n) is 1.69. The van der Waals surface area contributed by atoms with Crippen LogP contribution in [0.3, 0.4) is 0 Å². The molecule has 2 nitrogen and oxygen atoms in total. The van der Waals surface area contributed by atoms with Crippen molar-refractivity contribution in [2.45, 2.75) is 19.5 Å². The Morgan fingerprint density at radius 2 is 2.20 bits per heavy atom. The summed E-state index contributed by atoms with van der Waals surface area (Å²) in [5.41, 5.74) is 1.27. The molecule has 1 atom stereocenters. The van der Waals surface area contributed by atoms with E-state index in [9.17, 15) is 9.18 Å². The molecule has 1 aromatic rings. The summed E-state index contributed by atoms with van der Waals surface area (Å²) in [7, 11) is 0. The van der Waals surface area contributed by atoms with Crippen molar-refractivity contribution in [2.75, 3.05) is 0 Å². The van der Waals surface area contributed by atoms with Gasteiger partial charge in [-0.05, 0) is 11.6 Å². The molecule has 1 aromatic carbocycles. The summed E-state index contributed by atoms with van der Waals surface area (Å²) in [6.07, 6.45) is 0.883. The van der Waals surface area contributed by atoms with Crippen molar-refractivity contribution in [1.82, 2.24) is 0 Å². The average molecular weight is 206 g/mol. The number of fused-ring (bicyclic) bond motifs is 1. The number of hydrogen-bond donors (Lipinski definition) is 0. The van der Waals surface area contributed by atoms with Crippen LogP contribution >= 0.6 is 0 Å². The van der Waals surface area contributed by atoms with Gasteiger partial charge in [-0.2, -0.15) is 0 Å². The number of alkyl halides is 1. The number of rotatable bonds is 1. The molecule has 0 heterocycles. The number of hydrogen-bond acceptors (Lipinski definition) is 2. The Balaban J connectivity index is 2.40. The van der Waals surface area contributed by atoms with Crippen LogP contribution in [0.15, 0.2) is 30.3 Å². The predicted octanol–water partition coefficient (Wildman–Crippen LogP) is 3.00. The fourth-order valence-corrected chi connectivity index (χ4v) is 1.69. The minimum Gasteiger partial charge on any atom is -0.426 e. The van der Waals surface area contributed by atoms with E-state index in [0.717, 1.165) is 0 Å². The standard InChI is InChI=1S/C12H11FO2/c1-8(14)15-12-7-6-11(13)9-4-2-3-5-10(9)12/h2-5,7,11H,6H2,1H3. The van der Waals surface area contributed by atoms with Crippen molar-refractivity contribution in [3.8, 4) is 0 Å². The van der Waals surface area contributed by atoms with Crippen LogP contribution in [0.5, 0.6) is 0 Å². The number of halogens is 1. The first-order valence-corrected chi connectivity index (χ1v) is 4.80. The molecule has 0 bridgehead atoms. The van der Waals surface area contributed by atoms with Gasteiger partial charge in [-0.3, -0.25) is 4.79 Å². The second-order valence-electron chi connectivity index (χ2n) is 3.45. The van der Waals surface area contributed by atoms with Gasteiger partial charge in [-0.1, -0.05) is 24.3 Å². The smallest absolute Gasteiger partial charge is 0.308 e. The fraction of sp³-hybridized carbons (Fsp3) is 0.250. The van der Waals surface area contributed by atoms with Crippen LogP contribution in [-0.2, 0) is 9.53 Å². The summed E-state index contributed by atoms with van der Waals surface area (Å²) in [6, 6.07) is 7.06. The van der Waals surface area contributed by atoms with E-state index < -0.39 is 6.17 Å². The highest BCUT2D eigenvalue weighted by atomic mass is 19.1. The third-order valence-corrected chi connectivity index (χ3v) is 2.33. The molecule has 0 saturated heterocycles. The summed E-state index contributed by atoms with van der Waals surface area (Å²) in [6.45, 7) is 1.34. The van der Waals surface area contributed by atoms with Gasteiger partial charge in [0.2, 0.25) is 0 Å². The zero-order valence-electron chi connectivity index (χ0n) is 8.37. The highest BCUT2D eigenvalue weighted by Crippen LogP contribution is 2.35. The Hall–Kier alpha value is -1.64. The minimum absolute atomic E-state index is 0.264. The highest BCUT2D eigenvalue weighted by molar-refractivity contribution is 5.78. The molecule has 0 fully saturated rings. The molecule has 0 N–H and O–H groups in total. The zero-order chi connectivity index (χ0) is 10.8. The van der Waals surface area contributed by atoms with Crippen molar-refractivity contribution in [3.63, 3.8) is 0 Å². The summed E-state index contributed by atoms with van der Waals surface area (Å²) in [4.78, 5) is 10.8. The summed E-state index contributed by atoms with van der Waals surface area (Å²) < 4.78 is 18.5. The van der Waals surface area contributed by atoms with Crippen LogP contribution in [0.2, 0.25) is 0 Å². The van der Waals surface area contributed by atoms with Crippen LogP contribution in [0.1, 0.15) is 30.6 Å². The molecule has 78 valence electrons. The van der Waals surface area contributed by atoms with E-state index in [2.05, 4.69) is 0 Å². The molecular weight excluding hydrogens is 195 g/mol. The third kappa shape index (κ3) is 1.91. The molecule has 1 aliphatic carbocycles. The van der Waals surface area contributed by atoms with Crippen molar-refractivity contribution in [1.29, 1.82) is 0 Å². The Morgan fingerprint density at radius 1 is 1.47 bits per heavy atom. The lowest BCUT2D eigenvalue weighted by molar-refractivity contribution is -0.134. The first kappa shape index (κ1) is 9.90. The number of esters is 1. The summed E-state index contributed by atoms with van der Waals surface area (Å²) in [5.74, 6) is 0.0837.